The maximum absolute atomic E-state index is 13.0. The number of hydrogen-bond acceptors (Lipinski definition) is 5. The Hall–Kier alpha value is -2.73. The number of halogens is 1. The van der Waals surface area contributed by atoms with Crippen LogP contribution in [0.15, 0.2) is 48.8 Å². The number of allylic oxidation sites excluding steroid dienone is 4. The van der Waals surface area contributed by atoms with Gasteiger partial charge in [-0.25, -0.2) is 15.0 Å². The summed E-state index contributed by atoms with van der Waals surface area (Å²) >= 11 is 5.93. The molecule has 0 radical (unpaired) electrons. The van der Waals surface area contributed by atoms with Crippen LogP contribution >= 0.6 is 11.6 Å². The molecule has 4 rings (SSSR count). The normalized spacial score (nSPS) is 24.9. The van der Waals surface area contributed by atoms with Gasteiger partial charge in [0.05, 0.1) is 18.5 Å². The Bertz CT molecular complexity index is 991. The van der Waals surface area contributed by atoms with Crippen LogP contribution in [0.4, 0.5) is 5.69 Å². The van der Waals surface area contributed by atoms with Crippen molar-refractivity contribution in [3.8, 4) is 5.75 Å². The minimum absolute atomic E-state index is 0.0179. The van der Waals surface area contributed by atoms with E-state index in [1.165, 1.54) is 0 Å². The van der Waals surface area contributed by atoms with E-state index in [1.807, 2.05) is 26.0 Å². The van der Waals surface area contributed by atoms with Crippen LogP contribution < -0.4 is 10.1 Å². The maximum Gasteiger partial charge on any atom is 0.228 e. The number of carbonyl (C=O) groups excluding carboxylic acids is 1. The zero-order valence-corrected chi connectivity index (χ0v) is 17.2. The number of ether oxygens (including phenoxy) is 1. The molecule has 150 valence electrons. The largest absolute Gasteiger partial charge is 0.489 e. The monoisotopic (exact) mass is 410 g/mol. The molecule has 0 aliphatic heterocycles. The van der Waals surface area contributed by atoms with Gasteiger partial charge in [0.25, 0.3) is 0 Å². The molecule has 2 heterocycles. The van der Waals surface area contributed by atoms with Crippen molar-refractivity contribution in [2.75, 3.05) is 11.9 Å². The van der Waals surface area contributed by atoms with E-state index >= 15 is 0 Å². The lowest BCUT2D eigenvalue weighted by molar-refractivity contribution is -0.118. The molecule has 2 aromatic rings. The molecule has 6 nitrogen and oxygen atoms in total. The number of aromatic nitrogens is 3. The van der Waals surface area contributed by atoms with Crippen molar-refractivity contribution in [2.45, 2.75) is 26.7 Å². The molecule has 29 heavy (non-hydrogen) atoms. The third-order valence-corrected chi connectivity index (χ3v) is 5.91. The van der Waals surface area contributed by atoms with Gasteiger partial charge in [0.2, 0.25) is 5.91 Å². The molecule has 1 N–H and O–H groups in total. The van der Waals surface area contributed by atoms with Crippen LogP contribution in [0, 0.1) is 31.1 Å². The second-order valence-electron chi connectivity index (χ2n) is 7.66. The van der Waals surface area contributed by atoms with Crippen molar-refractivity contribution in [3.63, 3.8) is 0 Å². The molecule has 2 aliphatic carbocycles. The quantitative estimate of drug-likeness (QED) is 0.718. The van der Waals surface area contributed by atoms with Crippen LogP contribution in [-0.4, -0.2) is 27.5 Å². The summed E-state index contributed by atoms with van der Waals surface area (Å²) in [6.07, 6.45) is 13.4. The maximum atomic E-state index is 13.0. The van der Waals surface area contributed by atoms with Crippen molar-refractivity contribution < 1.29 is 9.53 Å². The molecule has 1 amide bonds. The van der Waals surface area contributed by atoms with Crippen molar-refractivity contribution in [1.29, 1.82) is 0 Å². The van der Waals surface area contributed by atoms with Gasteiger partial charge in [0.1, 0.15) is 11.0 Å². The molecule has 0 saturated heterocycles. The third-order valence-electron chi connectivity index (χ3n) is 5.70. The fourth-order valence-corrected chi connectivity index (χ4v) is 4.17. The molecule has 2 aliphatic rings. The van der Waals surface area contributed by atoms with E-state index in [0.717, 1.165) is 18.5 Å². The molecule has 1 saturated carbocycles. The first-order valence-corrected chi connectivity index (χ1v) is 10.0. The van der Waals surface area contributed by atoms with Crippen molar-refractivity contribution >= 4 is 23.2 Å². The number of amides is 1. The highest BCUT2D eigenvalue weighted by molar-refractivity contribution is 6.29. The summed E-state index contributed by atoms with van der Waals surface area (Å²) in [5, 5.41) is 3.32. The standard InChI is InChI=1S/C22H23ClN4O2/c1-14-19(12-25-15(2)26-14)29-13-22(16-6-4-3-5-7-16)11-18(22)21(28)27-17-8-9-24-20(23)10-17/h3-6,8-10,12,16,18H,7,11,13H2,1-2H3,(H,24,27,28)/t16?,18-,22+/m0/s1. The molecule has 0 spiro atoms. The van der Waals surface area contributed by atoms with Gasteiger partial charge < -0.3 is 10.1 Å². The van der Waals surface area contributed by atoms with Gasteiger partial charge in [-0.15, -0.1) is 0 Å². The number of aryl methyl sites for hydroxylation is 2. The Morgan fingerprint density at radius 2 is 2.21 bits per heavy atom. The lowest BCUT2D eigenvalue weighted by Gasteiger charge is -2.26. The number of anilines is 1. The highest BCUT2D eigenvalue weighted by atomic mass is 35.5. The molecule has 3 atom stereocenters. The summed E-state index contributed by atoms with van der Waals surface area (Å²) < 4.78 is 6.13. The molecular weight excluding hydrogens is 388 g/mol. The number of carbonyl (C=O) groups is 1. The summed E-state index contributed by atoms with van der Waals surface area (Å²) in [6, 6.07) is 3.39. The minimum atomic E-state index is -0.251. The molecule has 7 heteroatoms. The lowest BCUT2D eigenvalue weighted by Crippen LogP contribution is -2.29. The van der Waals surface area contributed by atoms with E-state index in [0.29, 0.717) is 29.0 Å². The molecule has 2 aromatic heterocycles. The van der Waals surface area contributed by atoms with E-state index in [1.54, 1.807) is 24.5 Å². The first-order valence-electron chi connectivity index (χ1n) is 9.67. The van der Waals surface area contributed by atoms with Crippen molar-refractivity contribution in [3.05, 3.63) is 65.5 Å². The Morgan fingerprint density at radius 3 is 2.93 bits per heavy atom. The van der Waals surface area contributed by atoms with Crippen LogP contribution in [-0.2, 0) is 4.79 Å². The number of nitrogens with zero attached hydrogens (tertiary/aromatic N) is 3. The summed E-state index contributed by atoms with van der Waals surface area (Å²) in [5.74, 6) is 1.47. The van der Waals surface area contributed by atoms with Gasteiger partial charge in [-0.1, -0.05) is 35.9 Å². The molecule has 0 bridgehead atoms. The predicted molar refractivity (Wildman–Crippen MR) is 112 cm³/mol. The van der Waals surface area contributed by atoms with Gasteiger partial charge >= 0.3 is 0 Å². The Kier molecular flexibility index (Phi) is 5.37. The minimum Gasteiger partial charge on any atom is -0.489 e. The Balaban J connectivity index is 1.51. The number of pyridine rings is 1. The zero-order valence-electron chi connectivity index (χ0n) is 16.4. The summed E-state index contributed by atoms with van der Waals surface area (Å²) in [7, 11) is 0. The van der Waals surface area contributed by atoms with E-state index in [4.69, 9.17) is 16.3 Å². The van der Waals surface area contributed by atoms with Gasteiger partial charge in [-0.05, 0) is 44.7 Å². The number of rotatable bonds is 6. The van der Waals surface area contributed by atoms with E-state index in [2.05, 4.69) is 32.4 Å². The second-order valence-corrected chi connectivity index (χ2v) is 8.04. The first kappa shape index (κ1) is 19.6. The molecule has 1 fully saturated rings. The number of hydrogen-bond donors (Lipinski definition) is 1. The van der Waals surface area contributed by atoms with Gasteiger partial charge in [0, 0.05) is 23.2 Å². The fourth-order valence-electron chi connectivity index (χ4n) is 3.99. The predicted octanol–water partition coefficient (Wildman–Crippen LogP) is 4.30. The van der Waals surface area contributed by atoms with Crippen LogP contribution in [0.25, 0.3) is 0 Å². The third kappa shape index (κ3) is 4.17. The van der Waals surface area contributed by atoms with E-state index in [9.17, 15) is 4.79 Å². The zero-order chi connectivity index (χ0) is 20.4. The molecule has 0 aromatic carbocycles. The van der Waals surface area contributed by atoms with E-state index in [-0.39, 0.29) is 23.2 Å². The van der Waals surface area contributed by atoms with Crippen LogP contribution in [0.1, 0.15) is 24.4 Å². The highest BCUT2D eigenvalue weighted by Crippen LogP contribution is 2.60. The van der Waals surface area contributed by atoms with Gasteiger partial charge in [0.15, 0.2) is 5.75 Å². The molecule has 1 unspecified atom stereocenters. The van der Waals surface area contributed by atoms with Gasteiger partial charge in [-0.3, -0.25) is 4.79 Å². The first-order chi connectivity index (χ1) is 14.0. The Morgan fingerprint density at radius 1 is 1.34 bits per heavy atom. The lowest BCUT2D eigenvalue weighted by atomic mass is 9.82. The van der Waals surface area contributed by atoms with E-state index < -0.39 is 0 Å². The molecular formula is C22H23ClN4O2. The average molecular weight is 411 g/mol. The van der Waals surface area contributed by atoms with Gasteiger partial charge in [-0.2, -0.15) is 0 Å². The van der Waals surface area contributed by atoms with Crippen LogP contribution in [0.5, 0.6) is 5.75 Å². The van der Waals surface area contributed by atoms with Crippen LogP contribution in [0.2, 0.25) is 5.15 Å². The smallest absolute Gasteiger partial charge is 0.228 e. The summed E-state index contributed by atoms with van der Waals surface area (Å²) in [4.78, 5) is 25.5. The average Bonchev–Trinajstić information content (AvgIpc) is 3.44. The SMILES string of the molecule is Cc1ncc(OC[C@@]2(C3C=CC=CC3)C[C@H]2C(=O)Nc2ccnc(Cl)c2)c(C)n1. The second kappa shape index (κ2) is 7.95. The number of nitrogens with one attached hydrogen (secondary N) is 1. The highest BCUT2D eigenvalue weighted by Gasteiger charge is 2.62. The summed E-state index contributed by atoms with van der Waals surface area (Å²) in [6.45, 7) is 4.20. The Labute approximate surface area is 175 Å². The van der Waals surface area contributed by atoms with Crippen molar-refractivity contribution in [1.82, 2.24) is 15.0 Å². The van der Waals surface area contributed by atoms with Crippen molar-refractivity contribution in [2.24, 2.45) is 17.3 Å². The topological polar surface area (TPSA) is 77.0 Å². The fraction of sp³-hybridized carbons (Fsp3) is 0.364. The summed E-state index contributed by atoms with van der Waals surface area (Å²) in [5.41, 5.74) is 1.21. The van der Waals surface area contributed by atoms with Crippen LogP contribution in [0.3, 0.4) is 0 Å².